The smallest absolute Gasteiger partial charge is 0.339 e. The van der Waals surface area contributed by atoms with Gasteiger partial charge in [0.2, 0.25) is 0 Å². The summed E-state index contributed by atoms with van der Waals surface area (Å²) in [7, 11) is 3.03. The molecule has 0 unspecified atom stereocenters. The van der Waals surface area contributed by atoms with E-state index >= 15 is 0 Å². The van der Waals surface area contributed by atoms with E-state index in [2.05, 4.69) is 11.4 Å². The van der Waals surface area contributed by atoms with Gasteiger partial charge < -0.3 is 19.5 Å². The first-order chi connectivity index (χ1) is 16.9. The van der Waals surface area contributed by atoms with Crippen molar-refractivity contribution in [3.8, 4) is 22.8 Å². The zero-order valence-electron chi connectivity index (χ0n) is 20.0. The van der Waals surface area contributed by atoms with Gasteiger partial charge in [0, 0.05) is 17.0 Å². The molecule has 1 heterocycles. The highest BCUT2D eigenvalue weighted by atomic mass is 16.5. The van der Waals surface area contributed by atoms with Gasteiger partial charge in [0.25, 0.3) is 5.91 Å². The maximum atomic E-state index is 13.1. The summed E-state index contributed by atoms with van der Waals surface area (Å²) >= 11 is 0. The van der Waals surface area contributed by atoms with Crippen molar-refractivity contribution in [3.05, 3.63) is 83.4 Å². The van der Waals surface area contributed by atoms with Gasteiger partial charge in [-0.05, 0) is 43.7 Å². The molecule has 0 saturated heterocycles. The summed E-state index contributed by atoms with van der Waals surface area (Å²) in [4.78, 5) is 30.4. The number of fused-ring (bicyclic) bond motifs is 1. The number of aromatic nitrogens is 1. The minimum absolute atomic E-state index is 0.345. The highest BCUT2D eigenvalue weighted by Crippen LogP contribution is 2.30. The Bertz CT molecular complexity index is 1410. The van der Waals surface area contributed by atoms with Gasteiger partial charge >= 0.3 is 5.97 Å². The van der Waals surface area contributed by atoms with Crippen LogP contribution in [0.5, 0.6) is 11.5 Å². The topological polar surface area (TPSA) is 86.8 Å². The molecule has 4 rings (SSSR count). The van der Waals surface area contributed by atoms with E-state index in [0.29, 0.717) is 39.3 Å². The third kappa shape index (κ3) is 5.24. The second-order valence-electron chi connectivity index (χ2n) is 8.08. The molecule has 178 valence electrons. The number of nitrogens with zero attached hydrogens (tertiary/aromatic N) is 1. The van der Waals surface area contributed by atoms with Crippen LogP contribution in [0.25, 0.3) is 22.2 Å². The van der Waals surface area contributed by atoms with E-state index < -0.39 is 18.5 Å². The number of carbonyl (C=O) groups excluding carboxylic acids is 2. The fourth-order valence-electron chi connectivity index (χ4n) is 3.89. The number of methoxy groups -OCH3 is 2. The van der Waals surface area contributed by atoms with Crippen molar-refractivity contribution in [1.29, 1.82) is 0 Å². The molecule has 7 nitrogen and oxygen atoms in total. The van der Waals surface area contributed by atoms with Gasteiger partial charge in [-0.3, -0.25) is 4.79 Å². The standard InChI is InChI=1S/C28H26N2O5/c1-17-9-11-20(18(2)13-17)24-15-22(21-7-5-6-8-23(21)29-24)28(32)35-16-27(31)30-25-14-19(33-3)10-12-26(25)34-4/h5-15H,16H2,1-4H3,(H,30,31). The molecule has 4 aromatic rings. The number of esters is 1. The van der Waals surface area contributed by atoms with Crippen LogP contribution in [0.4, 0.5) is 5.69 Å². The molecule has 7 heteroatoms. The van der Waals surface area contributed by atoms with Gasteiger partial charge in [-0.25, -0.2) is 9.78 Å². The molecule has 0 aliphatic heterocycles. The predicted molar refractivity (Wildman–Crippen MR) is 135 cm³/mol. The van der Waals surface area contributed by atoms with Crippen molar-refractivity contribution in [2.75, 3.05) is 26.1 Å². The fourth-order valence-corrected chi connectivity index (χ4v) is 3.89. The van der Waals surface area contributed by atoms with Crippen LogP contribution in [0.3, 0.4) is 0 Å². The highest BCUT2D eigenvalue weighted by Gasteiger charge is 2.18. The van der Waals surface area contributed by atoms with Crippen LogP contribution in [0.15, 0.2) is 66.7 Å². The minimum Gasteiger partial charge on any atom is -0.497 e. The summed E-state index contributed by atoms with van der Waals surface area (Å²) in [6, 6.07) is 20.2. The van der Waals surface area contributed by atoms with Crippen LogP contribution in [0.2, 0.25) is 0 Å². The van der Waals surface area contributed by atoms with Crippen molar-refractivity contribution >= 4 is 28.5 Å². The average molecular weight is 471 g/mol. The molecule has 3 aromatic carbocycles. The maximum Gasteiger partial charge on any atom is 0.339 e. The Morgan fingerprint density at radius 1 is 0.914 bits per heavy atom. The molecule has 35 heavy (non-hydrogen) atoms. The molecular weight excluding hydrogens is 444 g/mol. The second-order valence-corrected chi connectivity index (χ2v) is 8.08. The summed E-state index contributed by atoms with van der Waals surface area (Å²) in [5.74, 6) is -0.0933. The van der Waals surface area contributed by atoms with E-state index in [0.717, 1.165) is 16.7 Å². The van der Waals surface area contributed by atoms with Gasteiger partial charge in [-0.15, -0.1) is 0 Å². The van der Waals surface area contributed by atoms with Crippen LogP contribution >= 0.6 is 0 Å². The zero-order chi connectivity index (χ0) is 24.9. The molecule has 1 aromatic heterocycles. The molecule has 0 aliphatic rings. The number of anilines is 1. The van der Waals surface area contributed by atoms with Crippen molar-refractivity contribution in [1.82, 2.24) is 4.98 Å². The normalized spacial score (nSPS) is 10.6. The molecule has 0 aliphatic carbocycles. The van der Waals surface area contributed by atoms with Crippen LogP contribution in [-0.4, -0.2) is 37.7 Å². The van der Waals surface area contributed by atoms with Crippen LogP contribution in [0, 0.1) is 13.8 Å². The Labute approximate surface area is 203 Å². The number of ether oxygens (including phenoxy) is 3. The molecule has 0 fully saturated rings. The number of hydrogen-bond acceptors (Lipinski definition) is 6. The number of aryl methyl sites for hydroxylation is 2. The van der Waals surface area contributed by atoms with E-state index in [9.17, 15) is 9.59 Å². The minimum atomic E-state index is -0.609. The first kappa shape index (κ1) is 23.8. The molecule has 1 N–H and O–H groups in total. The average Bonchev–Trinajstić information content (AvgIpc) is 2.86. The van der Waals surface area contributed by atoms with Crippen molar-refractivity contribution in [2.45, 2.75) is 13.8 Å². The van der Waals surface area contributed by atoms with E-state index in [1.54, 1.807) is 24.3 Å². The Morgan fingerprint density at radius 3 is 2.46 bits per heavy atom. The lowest BCUT2D eigenvalue weighted by atomic mass is 9.99. The fraction of sp³-hybridized carbons (Fsp3) is 0.179. The Kier molecular flexibility index (Phi) is 6.96. The summed E-state index contributed by atoms with van der Waals surface area (Å²) in [5.41, 5.74) is 5.22. The van der Waals surface area contributed by atoms with Gasteiger partial charge in [0.15, 0.2) is 6.61 Å². The number of benzene rings is 3. The van der Waals surface area contributed by atoms with Gasteiger partial charge in [0.1, 0.15) is 11.5 Å². The molecule has 0 bridgehead atoms. The Balaban J connectivity index is 1.58. The van der Waals surface area contributed by atoms with E-state index in [1.807, 2.05) is 50.2 Å². The number of carbonyl (C=O) groups is 2. The number of amides is 1. The molecular formula is C28H26N2O5. The van der Waals surface area contributed by atoms with E-state index in [4.69, 9.17) is 19.2 Å². The monoisotopic (exact) mass is 470 g/mol. The SMILES string of the molecule is COc1ccc(OC)c(NC(=O)COC(=O)c2cc(-c3ccc(C)cc3C)nc3ccccc23)c1. The number of pyridine rings is 1. The summed E-state index contributed by atoms with van der Waals surface area (Å²) in [6.07, 6.45) is 0. The number of rotatable bonds is 7. The van der Waals surface area contributed by atoms with Gasteiger partial charge in [-0.2, -0.15) is 0 Å². The van der Waals surface area contributed by atoms with Crippen molar-refractivity contribution in [2.24, 2.45) is 0 Å². The van der Waals surface area contributed by atoms with Crippen LogP contribution < -0.4 is 14.8 Å². The van der Waals surface area contributed by atoms with E-state index in [-0.39, 0.29) is 0 Å². The molecule has 0 atom stereocenters. The third-order valence-corrected chi connectivity index (χ3v) is 5.61. The largest absolute Gasteiger partial charge is 0.497 e. The van der Waals surface area contributed by atoms with Crippen LogP contribution in [-0.2, 0) is 9.53 Å². The first-order valence-electron chi connectivity index (χ1n) is 11.1. The lowest BCUT2D eigenvalue weighted by Gasteiger charge is -2.13. The van der Waals surface area contributed by atoms with Crippen molar-refractivity contribution in [3.63, 3.8) is 0 Å². The quantitative estimate of drug-likeness (QED) is 0.367. The Morgan fingerprint density at radius 2 is 1.71 bits per heavy atom. The van der Waals surface area contributed by atoms with E-state index in [1.165, 1.54) is 14.2 Å². The first-order valence-corrected chi connectivity index (χ1v) is 11.1. The van der Waals surface area contributed by atoms with Crippen LogP contribution in [0.1, 0.15) is 21.5 Å². The lowest BCUT2D eigenvalue weighted by molar-refractivity contribution is -0.119. The lowest BCUT2D eigenvalue weighted by Crippen LogP contribution is -2.21. The second kappa shape index (κ2) is 10.3. The van der Waals surface area contributed by atoms with Gasteiger partial charge in [0.05, 0.1) is 36.7 Å². The molecule has 0 radical (unpaired) electrons. The zero-order valence-corrected chi connectivity index (χ0v) is 20.0. The molecule has 0 spiro atoms. The van der Waals surface area contributed by atoms with Gasteiger partial charge in [-0.1, -0.05) is 42.0 Å². The number of para-hydroxylation sites is 1. The van der Waals surface area contributed by atoms with Crippen molar-refractivity contribution < 1.29 is 23.8 Å². The summed E-state index contributed by atoms with van der Waals surface area (Å²) in [5, 5.41) is 3.35. The highest BCUT2D eigenvalue weighted by molar-refractivity contribution is 6.05. The molecule has 1 amide bonds. The number of hydrogen-bond donors (Lipinski definition) is 1. The summed E-state index contributed by atoms with van der Waals surface area (Å²) in [6.45, 7) is 3.57. The third-order valence-electron chi connectivity index (χ3n) is 5.61. The Hall–Kier alpha value is -4.39. The summed E-state index contributed by atoms with van der Waals surface area (Å²) < 4.78 is 15.9. The number of nitrogens with one attached hydrogen (secondary N) is 1. The molecule has 0 saturated carbocycles. The maximum absolute atomic E-state index is 13.1. The predicted octanol–water partition coefficient (Wildman–Crippen LogP) is 5.33.